The van der Waals surface area contributed by atoms with Gasteiger partial charge in [-0.15, -0.1) is 0 Å². The largest absolute Gasteiger partial charge is 0.303 e. The van der Waals surface area contributed by atoms with Gasteiger partial charge in [0.1, 0.15) is 6.29 Å². The van der Waals surface area contributed by atoms with E-state index in [1.54, 1.807) is 0 Å². The van der Waals surface area contributed by atoms with Crippen molar-refractivity contribution in [2.45, 2.75) is 38.1 Å². The Labute approximate surface area is 144 Å². The Bertz CT molecular complexity index is 668. The predicted molar refractivity (Wildman–Crippen MR) is 97.1 cm³/mol. The summed E-state index contributed by atoms with van der Waals surface area (Å²) in [6, 6.07) is 18.3. The first-order chi connectivity index (χ1) is 11.9. The summed E-state index contributed by atoms with van der Waals surface area (Å²) in [6.07, 6.45) is 6.36. The van der Waals surface area contributed by atoms with Crippen LogP contribution in [0, 0.1) is 5.92 Å². The topological polar surface area (TPSA) is 20.3 Å². The minimum Gasteiger partial charge on any atom is -0.303 e. The Morgan fingerprint density at radius 3 is 1.96 bits per heavy atom. The number of nitrogens with zero attached hydrogens (tertiary/aromatic N) is 1. The van der Waals surface area contributed by atoms with Gasteiger partial charge in [-0.3, -0.25) is 4.90 Å². The third-order valence-corrected chi connectivity index (χ3v) is 5.81. The number of aryl methyl sites for hydroxylation is 2. The number of piperidine rings is 1. The molecule has 1 fully saturated rings. The molecule has 0 aromatic heterocycles. The zero-order chi connectivity index (χ0) is 16.4. The SMILES string of the molecule is O=CCC1CCN(C2c3ccccc3CCc3ccccc32)CC1. The summed E-state index contributed by atoms with van der Waals surface area (Å²) in [7, 11) is 0. The van der Waals surface area contributed by atoms with E-state index in [4.69, 9.17) is 0 Å². The van der Waals surface area contributed by atoms with Crippen LogP contribution in [0.15, 0.2) is 48.5 Å². The molecular formula is C22H25NO. The van der Waals surface area contributed by atoms with Gasteiger partial charge in [-0.1, -0.05) is 48.5 Å². The van der Waals surface area contributed by atoms with E-state index in [1.165, 1.54) is 22.3 Å². The van der Waals surface area contributed by atoms with Gasteiger partial charge >= 0.3 is 0 Å². The number of carbonyl (C=O) groups is 1. The molecule has 0 N–H and O–H groups in total. The molecule has 0 amide bonds. The molecule has 1 heterocycles. The third-order valence-electron chi connectivity index (χ3n) is 5.81. The fourth-order valence-corrected chi connectivity index (χ4v) is 4.47. The van der Waals surface area contributed by atoms with Crippen molar-refractivity contribution in [3.05, 3.63) is 70.8 Å². The van der Waals surface area contributed by atoms with E-state index in [2.05, 4.69) is 53.4 Å². The minimum atomic E-state index is 0.372. The van der Waals surface area contributed by atoms with Crippen molar-refractivity contribution in [2.24, 2.45) is 5.92 Å². The van der Waals surface area contributed by atoms with Crippen LogP contribution in [0.1, 0.15) is 47.6 Å². The van der Waals surface area contributed by atoms with Crippen molar-refractivity contribution in [2.75, 3.05) is 13.1 Å². The normalized spacial score (nSPS) is 19.3. The number of rotatable bonds is 3. The van der Waals surface area contributed by atoms with Crippen LogP contribution in [0.3, 0.4) is 0 Å². The molecule has 0 atom stereocenters. The van der Waals surface area contributed by atoms with Crippen LogP contribution < -0.4 is 0 Å². The van der Waals surface area contributed by atoms with Crippen LogP contribution in [-0.2, 0) is 17.6 Å². The van der Waals surface area contributed by atoms with Crippen LogP contribution in [0.5, 0.6) is 0 Å². The lowest BCUT2D eigenvalue weighted by Crippen LogP contribution is -2.37. The third kappa shape index (κ3) is 2.91. The lowest BCUT2D eigenvalue weighted by Gasteiger charge is -2.38. The predicted octanol–water partition coefficient (Wildman–Crippen LogP) is 4.18. The number of hydrogen-bond acceptors (Lipinski definition) is 2. The minimum absolute atomic E-state index is 0.372. The van der Waals surface area contributed by atoms with E-state index in [0.29, 0.717) is 12.0 Å². The van der Waals surface area contributed by atoms with E-state index in [0.717, 1.165) is 51.5 Å². The number of hydrogen-bond donors (Lipinski definition) is 0. The summed E-state index contributed by atoms with van der Waals surface area (Å²) in [4.78, 5) is 13.5. The maximum Gasteiger partial charge on any atom is 0.120 e. The second-order valence-electron chi connectivity index (χ2n) is 7.18. The van der Waals surface area contributed by atoms with Gasteiger partial charge in [0.05, 0.1) is 6.04 Å². The number of likely N-dealkylation sites (tertiary alicyclic amines) is 1. The Balaban J connectivity index is 1.70. The van der Waals surface area contributed by atoms with Crippen molar-refractivity contribution < 1.29 is 4.79 Å². The van der Waals surface area contributed by atoms with Crippen molar-refractivity contribution >= 4 is 6.29 Å². The zero-order valence-electron chi connectivity index (χ0n) is 14.2. The van der Waals surface area contributed by atoms with Gasteiger partial charge in [0, 0.05) is 6.42 Å². The summed E-state index contributed by atoms with van der Waals surface area (Å²) in [5, 5.41) is 0. The smallest absolute Gasteiger partial charge is 0.120 e. The summed E-state index contributed by atoms with van der Waals surface area (Å²) >= 11 is 0. The fraction of sp³-hybridized carbons (Fsp3) is 0.409. The van der Waals surface area contributed by atoms with Crippen LogP contribution in [0.4, 0.5) is 0 Å². The number of benzene rings is 2. The van der Waals surface area contributed by atoms with Crippen molar-refractivity contribution in [3.63, 3.8) is 0 Å². The summed E-state index contributed by atoms with van der Waals surface area (Å²) in [6.45, 7) is 2.18. The fourth-order valence-electron chi connectivity index (χ4n) is 4.47. The molecule has 0 saturated carbocycles. The molecule has 24 heavy (non-hydrogen) atoms. The van der Waals surface area contributed by atoms with Gasteiger partial charge in [-0.2, -0.15) is 0 Å². The van der Waals surface area contributed by atoms with Crippen LogP contribution in [-0.4, -0.2) is 24.3 Å². The van der Waals surface area contributed by atoms with E-state index in [9.17, 15) is 4.79 Å². The van der Waals surface area contributed by atoms with Crippen LogP contribution in [0.25, 0.3) is 0 Å². The molecule has 2 aromatic carbocycles. The molecule has 2 aliphatic rings. The van der Waals surface area contributed by atoms with Gasteiger partial charge < -0.3 is 4.79 Å². The first-order valence-electron chi connectivity index (χ1n) is 9.20. The highest BCUT2D eigenvalue weighted by Crippen LogP contribution is 2.38. The summed E-state index contributed by atoms with van der Waals surface area (Å²) in [5.41, 5.74) is 5.95. The average molecular weight is 319 g/mol. The van der Waals surface area contributed by atoms with Crippen molar-refractivity contribution in [1.82, 2.24) is 4.90 Å². The standard InChI is InChI=1S/C22H25NO/c24-16-13-17-11-14-23(15-12-17)22-20-7-3-1-5-18(20)9-10-19-6-2-4-8-21(19)22/h1-8,16-17,22H,9-15H2. The van der Waals surface area contributed by atoms with Crippen LogP contribution >= 0.6 is 0 Å². The molecule has 2 heteroatoms. The van der Waals surface area contributed by atoms with Crippen LogP contribution in [0.2, 0.25) is 0 Å². The highest BCUT2D eigenvalue weighted by Gasteiger charge is 2.31. The Morgan fingerprint density at radius 2 is 1.42 bits per heavy atom. The van der Waals surface area contributed by atoms with E-state index in [-0.39, 0.29) is 0 Å². The molecule has 1 aliphatic heterocycles. The van der Waals surface area contributed by atoms with E-state index < -0.39 is 0 Å². The molecule has 1 saturated heterocycles. The lowest BCUT2D eigenvalue weighted by atomic mass is 9.88. The maximum atomic E-state index is 10.8. The monoisotopic (exact) mass is 319 g/mol. The maximum absolute atomic E-state index is 10.8. The molecular weight excluding hydrogens is 294 g/mol. The Morgan fingerprint density at radius 1 is 0.875 bits per heavy atom. The number of fused-ring (bicyclic) bond motifs is 2. The highest BCUT2D eigenvalue weighted by molar-refractivity contribution is 5.49. The Kier molecular flexibility index (Phi) is 4.48. The highest BCUT2D eigenvalue weighted by atomic mass is 16.1. The number of carbonyl (C=O) groups excluding carboxylic acids is 1. The second-order valence-corrected chi connectivity index (χ2v) is 7.18. The molecule has 0 radical (unpaired) electrons. The molecule has 1 aliphatic carbocycles. The van der Waals surface area contributed by atoms with Gasteiger partial charge in [-0.05, 0) is 66.9 Å². The molecule has 2 nitrogen and oxygen atoms in total. The van der Waals surface area contributed by atoms with Gasteiger partial charge in [0.2, 0.25) is 0 Å². The zero-order valence-corrected chi connectivity index (χ0v) is 14.2. The quantitative estimate of drug-likeness (QED) is 0.791. The van der Waals surface area contributed by atoms with E-state index in [1.807, 2.05) is 0 Å². The first-order valence-corrected chi connectivity index (χ1v) is 9.20. The molecule has 0 spiro atoms. The van der Waals surface area contributed by atoms with Crippen molar-refractivity contribution in [1.29, 1.82) is 0 Å². The van der Waals surface area contributed by atoms with Gasteiger partial charge in [0.25, 0.3) is 0 Å². The number of aldehydes is 1. The van der Waals surface area contributed by atoms with Gasteiger partial charge in [0.15, 0.2) is 0 Å². The summed E-state index contributed by atoms with van der Waals surface area (Å²) in [5.74, 6) is 0.579. The molecule has 0 unspecified atom stereocenters. The Hall–Kier alpha value is -1.93. The molecule has 124 valence electrons. The molecule has 0 bridgehead atoms. The average Bonchev–Trinajstić information content (AvgIpc) is 2.80. The summed E-state index contributed by atoms with van der Waals surface area (Å²) < 4.78 is 0. The molecule has 2 aromatic rings. The van der Waals surface area contributed by atoms with E-state index >= 15 is 0 Å². The first kappa shape index (κ1) is 15.6. The van der Waals surface area contributed by atoms with Crippen molar-refractivity contribution in [3.8, 4) is 0 Å². The second kappa shape index (κ2) is 6.90. The lowest BCUT2D eigenvalue weighted by molar-refractivity contribution is -0.108. The molecule has 4 rings (SSSR count). The van der Waals surface area contributed by atoms with Gasteiger partial charge in [-0.25, -0.2) is 0 Å².